The smallest absolute Gasteiger partial charge is 0.165 e. The van der Waals surface area contributed by atoms with E-state index in [-0.39, 0.29) is 11.8 Å². The van der Waals surface area contributed by atoms with Crippen molar-refractivity contribution >= 4 is 33.7 Å². The molecular weight excluding hydrogens is 366 g/mol. The average Bonchev–Trinajstić information content (AvgIpc) is 2.49. The number of halogens is 2. The van der Waals surface area contributed by atoms with Crippen LogP contribution in [0.25, 0.3) is 0 Å². The lowest BCUT2D eigenvalue weighted by Gasteiger charge is -2.41. The molecule has 0 heterocycles. The molecule has 0 aliphatic heterocycles. The van der Waals surface area contributed by atoms with Gasteiger partial charge in [0.25, 0.3) is 0 Å². The zero-order chi connectivity index (χ0) is 16.9. The summed E-state index contributed by atoms with van der Waals surface area (Å²) in [5.74, 6) is -0.246. The molecule has 1 aromatic rings. The normalized spacial score (nSPS) is 17.5. The summed E-state index contributed by atoms with van der Waals surface area (Å²) in [6.45, 7) is 5.87. The van der Waals surface area contributed by atoms with E-state index in [1.807, 2.05) is 26.8 Å². The number of allylic oxidation sites excluding steroid dienone is 1. The molecule has 0 fully saturated rings. The molecular formula is C17H23BrClNO2. The van der Waals surface area contributed by atoms with Gasteiger partial charge in [0, 0.05) is 10.4 Å². The Labute approximate surface area is 145 Å². The Morgan fingerprint density at radius 2 is 2.05 bits per heavy atom. The van der Waals surface area contributed by atoms with Gasteiger partial charge < -0.3 is 15.6 Å². The van der Waals surface area contributed by atoms with E-state index in [1.54, 1.807) is 24.3 Å². The zero-order valence-electron chi connectivity index (χ0n) is 13.1. The summed E-state index contributed by atoms with van der Waals surface area (Å²) in [5, 5.41) is 28.7. The van der Waals surface area contributed by atoms with Gasteiger partial charge >= 0.3 is 0 Å². The molecule has 1 aromatic carbocycles. The Morgan fingerprint density at radius 3 is 2.45 bits per heavy atom. The lowest BCUT2D eigenvalue weighted by molar-refractivity contribution is -0.0992. The van der Waals surface area contributed by atoms with Gasteiger partial charge in [-0.3, -0.25) is 0 Å². The summed E-state index contributed by atoms with van der Waals surface area (Å²) in [5.41, 5.74) is -0.418. The molecule has 0 saturated carbocycles. The third-order valence-electron chi connectivity index (χ3n) is 4.28. The summed E-state index contributed by atoms with van der Waals surface area (Å²) in [4.78, 5) is 0. The summed E-state index contributed by atoms with van der Waals surface area (Å²) < 4.78 is 0.745. The molecule has 0 spiro atoms. The summed E-state index contributed by atoms with van der Waals surface area (Å²) >= 11 is 9.54. The molecule has 3 N–H and O–H groups in total. The van der Waals surface area contributed by atoms with Crippen molar-refractivity contribution in [2.75, 3.05) is 0 Å². The maximum absolute atomic E-state index is 10.2. The number of rotatable bonds is 7. The summed E-state index contributed by atoms with van der Waals surface area (Å²) in [6.07, 6.45) is 4.05. The zero-order valence-corrected chi connectivity index (χ0v) is 15.4. The quantitative estimate of drug-likeness (QED) is 0.365. The number of nitrogens with one attached hydrogen (secondary N) is 1. The second-order valence-electron chi connectivity index (χ2n) is 5.51. The topological polar surface area (TPSA) is 64.3 Å². The highest BCUT2D eigenvalue weighted by molar-refractivity contribution is 9.10. The van der Waals surface area contributed by atoms with Gasteiger partial charge in [-0.1, -0.05) is 50.1 Å². The van der Waals surface area contributed by atoms with E-state index in [0.29, 0.717) is 10.6 Å². The Bertz CT molecular complexity index is 547. The standard InChI is InChI=1S/C17H23BrClNO2/c1-4-8-17(16(21)22,13(10-20)11(3)5-2)12-6-7-14(18)15(19)9-12/h4,6-11,13,16,20-22H,5H2,1-3H3. The van der Waals surface area contributed by atoms with Crippen molar-refractivity contribution in [2.45, 2.75) is 38.9 Å². The van der Waals surface area contributed by atoms with Crippen LogP contribution < -0.4 is 0 Å². The highest BCUT2D eigenvalue weighted by atomic mass is 79.9. The van der Waals surface area contributed by atoms with Gasteiger partial charge in [-0.2, -0.15) is 0 Å². The van der Waals surface area contributed by atoms with Crippen molar-refractivity contribution in [2.24, 2.45) is 11.8 Å². The minimum absolute atomic E-state index is 0.109. The molecule has 3 unspecified atom stereocenters. The first kappa shape index (κ1) is 19.4. The van der Waals surface area contributed by atoms with Crippen molar-refractivity contribution in [1.29, 1.82) is 5.41 Å². The molecule has 22 heavy (non-hydrogen) atoms. The lowest BCUT2D eigenvalue weighted by Crippen LogP contribution is -2.47. The van der Waals surface area contributed by atoms with Crippen LogP contribution in [0.4, 0.5) is 0 Å². The first-order valence-electron chi connectivity index (χ1n) is 7.31. The molecule has 0 aliphatic rings. The molecule has 5 heteroatoms. The van der Waals surface area contributed by atoms with Crippen LogP contribution >= 0.6 is 27.5 Å². The second-order valence-corrected chi connectivity index (χ2v) is 6.78. The van der Waals surface area contributed by atoms with Crippen LogP contribution in [0, 0.1) is 17.2 Å². The Hall–Kier alpha value is -0.680. The van der Waals surface area contributed by atoms with E-state index in [2.05, 4.69) is 15.9 Å². The van der Waals surface area contributed by atoms with Crippen LogP contribution in [0.3, 0.4) is 0 Å². The molecule has 3 atom stereocenters. The van der Waals surface area contributed by atoms with Crippen LogP contribution in [0.1, 0.15) is 32.8 Å². The van der Waals surface area contributed by atoms with Gasteiger partial charge in [-0.05, 0) is 52.7 Å². The summed E-state index contributed by atoms with van der Waals surface area (Å²) in [7, 11) is 0. The second kappa shape index (κ2) is 8.25. The van der Waals surface area contributed by atoms with E-state index in [1.165, 1.54) is 6.21 Å². The monoisotopic (exact) mass is 387 g/mol. The maximum atomic E-state index is 10.2. The Morgan fingerprint density at radius 1 is 1.41 bits per heavy atom. The van der Waals surface area contributed by atoms with Gasteiger partial charge in [0.15, 0.2) is 6.29 Å². The number of hydrogen-bond acceptors (Lipinski definition) is 3. The molecule has 3 nitrogen and oxygen atoms in total. The van der Waals surface area contributed by atoms with Crippen LogP contribution in [-0.4, -0.2) is 22.7 Å². The van der Waals surface area contributed by atoms with E-state index >= 15 is 0 Å². The van der Waals surface area contributed by atoms with Crippen molar-refractivity contribution in [3.8, 4) is 0 Å². The largest absolute Gasteiger partial charge is 0.367 e. The lowest BCUT2D eigenvalue weighted by atomic mass is 9.65. The van der Waals surface area contributed by atoms with Gasteiger partial charge in [0.1, 0.15) is 0 Å². The molecule has 0 aromatic heterocycles. The van der Waals surface area contributed by atoms with Crippen molar-refractivity contribution in [1.82, 2.24) is 0 Å². The molecule has 0 amide bonds. The summed E-state index contributed by atoms with van der Waals surface area (Å²) in [6, 6.07) is 5.33. The highest BCUT2D eigenvalue weighted by Gasteiger charge is 2.45. The van der Waals surface area contributed by atoms with Gasteiger partial charge in [-0.25, -0.2) is 0 Å². The van der Waals surface area contributed by atoms with Crippen LogP contribution in [0.15, 0.2) is 34.8 Å². The number of aliphatic hydroxyl groups excluding tert-OH is 1. The minimum Gasteiger partial charge on any atom is -0.367 e. The third-order valence-corrected chi connectivity index (χ3v) is 5.51. The predicted molar refractivity (Wildman–Crippen MR) is 95.6 cm³/mol. The van der Waals surface area contributed by atoms with E-state index in [9.17, 15) is 10.2 Å². The number of hydrogen-bond donors (Lipinski definition) is 3. The molecule has 0 aliphatic carbocycles. The SMILES string of the molecule is CC=CC(c1ccc(Br)c(Cl)c1)(C(O)O)C(C=N)C(C)CC. The maximum Gasteiger partial charge on any atom is 0.165 e. The fraction of sp³-hybridized carbons (Fsp3) is 0.471. The molecule has 122 valence electrons. The fourth-order valence-electron chi connectivity index (χ4n) is 2.88. The Kier molecular flexibility index (Phi) is 7.26. The molecule has 0 bridgehead atoms. The fourth-order valence-corrected chi connectivity index (χ4v) is 3.30. The van der Waals surface area contributed by atoms with Crippen LogP contribution in [0.5, 0.6) is 0 Å². The number of benzene rings is 1. The van der Waals surface area contributed by atoms with Crippen LogP contribution in [0.2, 0.25) is 5.02 Å². The minimum atomic E-state index is -1.64. The van der Waals surface area contributed by atoms with E-state index < -0.39 is 11.7 Å². The molecule has 0 radical (unpaired) electrons. The van der Waals surface area contributed by atoms with Crippen molar-refractivity contribution in [3.63, 3.8) is 0 Å². The predicted octanol–water partition coefficient (Wildman–Crippen LogP) is 4.54. The number of aliphatic hydroxyl groups is 2. The average molecular weight is 389 g/mol. The van der Waals surface area contributed by atoms with Gasteiger partial charge in [0.2, 0.25) is 0 Å². The van der Waals surface area contributed by atoms with Crippen molar-refractivity contribution < 1.29 is 10.2 Å². The van der Waals surface area contributed by atoms with E-state index in [4.69, 9.17) is 17.0 Å². The molecule has 0 saturated heterocycles. The van der Waals surface area contributed by atoms with E-state index in [0.717, 1.165) is 10.9 Å². The highest BCUT2D eigenvalue weighted by Crippen LogP contribution is 2.42. The first-order valence-corrected chi connectivity index (χ1v) is 8.48. The Balaban J connectivity index is 3.63. The van der Waals surface area contributed by atoms with Gasteiger partial charge in [-0.15, -0.1) is 0 Å². The van der Waals surface area contributed by atoms with Crippen molar-refractivity contribution in [3.05, 3.63) is 45.4 Å². The third kappa shape index (κ3) is 3.62. The first-order chi connectivity index (χ1) is 10.3. The van der Waals surface area contributed by atoms with Gasteiger partial charge in [0.05, 0.1) is 10.4 Å². The van der Waals surface area contributed by atoms with Crippen LogP contribution in [-0.2, 0) is 5.41 Å². The molecule has 1 rings (SSSR count).